The third-order valence-electron chi connectivity index (χ3n) is 3.11. The van der Waals surface area contributed by atoms with Gasteiger partial charge in [-0.1, -0.05) is 26.0 Å². The molecule has 104 valence electrons. The van der Waals surface area contributed by atoms with E-state index < -0.39 is 0 Å². The van der Waals surface area contributed by atoms with Crippen molar-refractivity contribution < 1.29 is 0 Å². The van der Waals surface area contributed by atoms with Crippen molar-refractivity contribution in [2.75, 3.05) is 6.54 Å². The van der Waals surface area contributed by atoms with Gasteiger partial charge >= 0.3 is 0 Å². The van der Waals surface area contributed by atoms with Gasteiger partial charge in [0, 0.05) is 25.5 Å². The summed E-state index contributed by atoms with van der Waals surface area (Å²) in [4.78, 5) is 0. The van der Waals surface area contributed by atoms with Crippen molar-refractivity contribution in [1.29, 1.82) is 5.26 Å². The molecule has 0 aliphatic heterocycles. The third-order valence-corrected chi connectivity index (χ3v) is 3.11. The third kappa shape index (κ3) is 4.25. The van der Waals surface area contributed by atoms with E-state index in [0.29, 0.717) is 11.5 Å². The molecule has 0 amide bonds. The first-order valence-electron chi connectivity index (χ1n) is 7.02. The molecule has 20 heavy (non-hydrogen) atoms. The Balaban J connectivity index is 1.93. The van der Waals surface area contributed by atoms with Crippen LogP contribution in [-0.4, -0.2) is 11.1 Å². The Hall–Kier alpha value is -2.05. The molecule has 1 aromatic carbocycles. The largest absolute Gasteiger partial charge is 0.350 e. The quantitative estimate of drug-likeness (QED) is 0.873. The molecule has 3 nitrogen and oxygen atoms in total. The van der Waals surface area contributed by atoms with Gasteiger partial charge in [0.25, 0.3) is 0 Å². The van der Waals surface area contributed by atoms with Crippen LogP contribution in [0, 0.1) is 17.2 Å². The van der Waals surface area contributed by atoms with Crippen molar-refractivity contribution in [3.63, 3.8) is 0 Å². The Morgan fingerprint density at radius 3 is 2.85 bits per heavy atom. The number of rotatable bonds is 6. The van der Waals surface area contributed by atoms with Crippen molar-refractivity contribution in [3.05, 3.63) is 59.4 Å². The van der Waals surface area contributed by atoms with Crippen LogP contribution in [0.1, 0.15) is 30.5 Å². The minimum atomic E-state index is 0.672. The molecule has 0 saturated heterocycles. The van der Waals surface area contributed by atoms with Crippen LogP contribution in [0.3, 0.4) is 0 Å². The average molecular weight is 267 g/mol. The first kappa shape index (κ1) is 14.4. The monoisotopic (exact) mass is 267 g/mol. The molecular weight excluding hydrogens is 246 g/mol. The summed E-state index contributed by atoms with van der Waals surface area (Å²) in [6.07, 6.45) is 4.25. The standard InChI is InChI=1S/C17H21N3/c1-14(2)10-19-11-17-6-7-20(13-17)12-16-5-3-4-15(8-16)9-18/h3-8,13-14,19H,10-12H2,1-2H3. The lowest BCUT2D eigenvalue weighted by Crippen LogP contribution is -2.18. The van der Waals surface area contributed by atoms with E-state index in [4.69, 9.17) is 5.26 Å². The highest BCUT2D eigenvalue weighted by Crippen LogP contribution is 2.09. The molecule has 0 radical (unpaired) electrons. The highest BCUT2D eigenvalue weighted by atomic mass is 14.9. The van der Waals surface area contributed by atoms with Gasteiger partial charge in [-0.05, 0) is 41.8 Å². The lowest BCUT2D eigenvalue weighted by atomic mass is 10.1. The van der Waals surface area contributed by atoms with Crippen molar-refractivity contribution in [2.45, 2.75) is 26.9 Å². The number of hydrogen-bond donors (Lipinski definition) is 1. The smallest absolute Gasteiger partial charge is 0.0991 e. The van der Waals surface area contributed by atoms with Gasteiger partial charge in [0.15, 0.2) is 0 Å². The summed E-state index contributed by atoms with van der Waals surface area (Å²) in [5.41, 5.74) is 3.16. The second-order valence-corrected chi connectivity index (χ2v) is 5.53. The van der Waals surface area contributed by atoms with Crippen LogP contribution in [-0.2, 0) is 13.1 Å². The van der Waals surface area contributed by atoms with Crippen LogP contribution in [0.4, 0.5) is 0 Å². The number of nitriles is 1. The molecule has 0 aliphatic carbocycles. The zero-order valence-corrected chi connectivity index (χ0v) is 12.1. The van der Waals surface area contributed by atoms with Crippen LogP contribution in [0.15, 0.2) is 42.7 Å². The van der Waals surface area contributed by atoms with Gasteiger partial charge in [0.1, 0.15) is 0 Å². The number of aromatic nitrogens is 1. The average Bonchev–Trinajstić information content (AvgIpc) is 2.86. The zero-order valence-electron chi connectivity index (χ0n) is 12.1. The minimum absolute atomic E-state index is 0.672. The van der Waals surface area contributed by atoms with Crippen molar-refractivity contribution >= 4 is 0 Å². The van der Waals surface area contributed by atoms with Crippen molar-refractivity contribution in [1.82, 2.24) is 9.88 Å². The maximum Gasteiger partial charge on any atom is 0.0991 e. The number of benzene rings is 1. The highest BCUT2D eigenvalue weighted by molar-refractivity contribution is 5.33. The Kier molecular flexibility index (Phi) is 4.97. The Morgan fingerprint density at radius 1 is 1.25 bits per heavy atom. The van der Waals surface area contributed by atoms with Crippen LogP contribution in [0.25, 0.3) is 0 Å². The Bertz CT molecular complexity index is 590. The van der Waals surface area contributed by atoms with Crippen LogP contribution in [0.5, 0.6) is 0 Å². The molecule has 2 rings (SSSR count). The number of hydrogen-bond acceptors (Lipinski definition) is 2. The van der Waals surface area contributed by atoms with Gasteiger partial charge in [-0.25, -0.2) is 0 Å². The number of nitrogens with one attached hydrogen (secondary N) is 1. The lowest BCUT2D eigenvalue weighted by Gasteiger charge is -2.06. The second-order valence-electron chi connectivity index (χ2n) is 5.53. The summed E-state index contributed by atoms with van der Waals surface area (Å²) in [5.74, 6) is 0.672. The minimum Gasteiger partial charge on any atom is -0.350 e. The van der Waals surface area contributed by atoms with E-state index in [2.05, 4.69) is 54.3 Å². The molecule has 2 aromatic rings. The summed E-state index contributed by atoms with van der Waals surface area (Å²) in [7, 11) is 0. The first-order valence-corrected chi connectivity index (χ1v) is 7.02. The zero-order chi connectivity index (χ0) is 14.4. The maximum absolute atomic E-state index is 8.91. The molecule has 0 bridgehead atoms. The summed E-state index contributed by atoms with van der Waals surface area (Å²) in [6, 6.07) is 12.1. The van der Waals surface area contributed by atoms with Crippen LogP contribution >= 0.6 is 0 Å². The molecular formula is C17H21N3. The highest BCUT2D eigenvalue weighted by Gasteiger charge is 2.00. The number of nitrogens with zero attached hydrogens (tertiary/aromatic N) is 2. The maximum atomic E-state index is 8.91. The molecule has 0 saturated carbocycles. The van der Waals surface area contributed by atoms with E-state index in [1.807, 2.05) is 18.2 Å². The second kappa shape index (κ2) is 6.93. The van der Waals surface area contributed by atoms with E-state index in [9.17, 15) is 0 Å². The molecule has 0 atom stereocenters. The molecule has 1 heterocycles. The Morgan fingerprint density at radius 2 is 2.10 bits per heavy atom. The predicted octanol–water partition coefficient (Wildman–Crippen LogP) is 3.15. The lowest BCUT2D eigenvalue weighted by molar-refractivity contribution is 0.552. The van der Waals surface area contributed by atoms with Gasteiger partial charge in [0.05, 0.1) is 11.6 Å². The van der Waals surface area contributed by atoms with E-state index in [1.54, 1.807) is 0 Å². The topological polar surface area (TPSA) is 40.8 Å². The van der Waals surface area contributed by atoms with Gasteiger partial charge in [0.2, 0.25) is 0 Å². The van der Waals surface area contributed by atoms with Crippen LogP contribution < -0.4 is 5.32 Å². The van der Waals surface area contributed by atoms with E-state index in [-0.39, 0.29) is 0 Å². The predicted molar refractivity (Wildman–Crippen MR) is 81.2 cm³/mol. The van der Waals surface area contributed by atoms with Gasteiger partial charge in [-0.2, -0.15) is 5.26 Å². The fourth-order valence-corrected chi connectivity index (χ4v) is 2.15. The summed E-state index contributed by atoms with van der Waals surface area (Å²) >= 11 is 0. The van der Waals surface area contributed by atoms with Crippen molar-refractivity contribution in [2.24, 2.45) is 5.92 Å². The molecule has 0 aliphatic rings. The molecule has 0 spiro atoms. The summed E-state index contributed by atoms with van der Waals surface area (Å²) in [5, 5.41) is 12.3. The fourth-order valence-electron chi connectivity index (χ4n) is 2.15. The normalized spacial score (nSPS) is 10.7. The summed E-state index contributed by atoms with van der Waals surface area (Å²) < 4.78 is 2.16. The van der Waals surface area contributed by atoms with Crippen LogP contribution in [0.2, 0.25) is 0 Å². The molecule has 3 heteroatoms. The van der Waals surface area contributed by atoms with Crippen molar-refractivity contribution in [3.8, 4) is 6.07 Å². The molecule has 1 N–H and O–H groups in total. The first-order chi connectivity index (χ1) is 9.67. The van der Waals surface area contributed by atoms with E-state index in [1.165, 1.54) is 5.56 Å². The SMILES string of the molecule is CC(C)CNCc1ccn(Cc2cccc(C#N)c2)c1. The van der Waals surface area contributed by atoms with Gasteiger partial charge in [-0.3, -0.25) is 0 Å². The fraction of sp³-hybridized carbons (Fsp3) is 0.353. The van der Waals surface area contributed by atoms with E-state index >= 15 is 0 Å². The van der Waals surface area contributed by atoms with Gasteiger partial charge < -0.3 is 9.88 Å². The summed E-state index contributed by atoms with van der Waals surface area (Å²) in [6.45, 7) is 7.17. The molecule has 1 aromatic heterocycles. The Labute approximate surface area is 120 Å². The van der Waals surface area contributed by atoms with Gasteiger partial charge in [-0.15, -0.1) is 0 Å². The molecule has 0 unspecified atom stereocenters. The van der Waals surface area contributed by atoms with E-state index in [0.717, 1.165) is 25.2 Å². The molecule has 0 fully saturated rings.